The second-order valence-corrected chi connectivity index (χ2v) is 3.36. The number of alkyl halides is 1. The summed E-state index contributed by atoms with van der Waals surface area (Å²) in [7, 11) is 1.51. The maximum Gasteiger partial charge on any atom is 0.321 e. The Morgan fingerprint density at radius 2 is 2.15 bits per heavy atom. The zero-order valence-electron chi connectivity index (χ0n) is 7.03. The molecule has 4 heteroatoms. The molecule has 0 bridgehead atoms. The summed E-state index contributed by atoms with van der Waals surface area (Å²) >= 11 is 3.06. The number of carbonyl (C=O) groups is 1. The minimum atomic E-state index is -0.926. The van der Waals surface area contributed by atoms with Crippen molar-refractivity contribution in [2.24, 2.45) is 0 Å². The van der Waals surface area contributed by atoms with Gasteiger partial charge in [0.05, 0.1) is 7.11 Å². The van der Waals surface area contributed by atoms with Crippen LogP contribution in [0.3, 0.4) is 0 Å². The van der Waals surface area contributed by atoms with Crippen molar-refractivity contribution in [3.63, 3.8) is 0 Å². The highest BCUT2D eigenvalue weighted by Gasteiger charge is 2.18. The number of rotatable bonds is 3. The molecule has 13 heavy (non-hydrogen) atoms. The second-order valence-electron chi connectivity index (χ2n) is 2.44. The average molecular weight is 245 g/mol. The lowest BCUT2D eigenvalue weighted by molar-refractivity contribution is -0.136. The van der Waals surface area contributed by atoms with Crippen LogP contribution in [0.1, 0.15) is 10.4 Å². The van der Waals surface area contributed by atoms with Gasteiger partial charge in [-0.25, -0.2) is 0 Å². The Morgan fingerprint density at radius 1 is 1.54 bits per heavy atom. The number of hydrogen-bond donors (Lipinski definition) is 1. The maximum absolute atomic E-state index is 10.7. The monoisotopic (exact) mass is 244 g/mol. The second kappa shape index (κ2) is 4.28. The fourth-order valence-electron chi connectivity index (χ4n) is 1.01. The zero-order chi connectivity index (χ0) is 9.84. The first kappa shape index (κ1) is 10.1. The van der Waals surface area contributed by atoms with E-state index >= 15 is 0 Å². The van der Waals surface area contributed by atoms with Crippen molar-refractivity contribution >= 4 is 21.9 Å². The SMILES string of the molecule is COc1ccccc1[C@H](Br)C(=O)O. The summed E-state index contributed by atoms with van der Waals surface area (Å²) in [6.45, 7) is 0. The molecular weight excluding hydrogens is 236 g/mol. The number of hydrogen-bond acceptors (Lipinski definition) is 2. The van der Waals surface area contributed by atoms with Gasteiger partial charge in [0.25, 0.3) is 0 Å². The molecule has 0 aliphatic heterocycles. The van der Waals surface area contributed by atoms with E-state index in [4.69, 9.17) is 9.84 Å². The molecular formula is C9H9BrO3. The number of methoxy groups -OCH3 is 1. The van der Waals surface area contributed by atoms with Gasteiger partial charge in [0, 0.05) is 5.56 Å². The van der Waals surface area contributed by atoms with Crippen molar-refractivity contribution in [3.05, 3.63) is 29.8 Å². The highest BCUT2D eigenvalue weighted by molar-refractivity contribution is 9.09. The van der Waals surface area contributed by atoms with Gasteiger partial charge in [-0.1, -0.05) is 34.1 Å². The highest BCUT2D eigenvalue weighted by Crippen LogP contribution is 2.30. The van der Waals surface area contributed by atoms with Gasteiger partial charge in [0.2, 0.25) is 0 Å². The van der Waals surface area contributed by atoms with Crippen molar-refractivity contribution in [2.75, 3.05) is 7.11 Å². The predicted octanol–water partition coefficient (Wildman–Crippen LogP) is 2.22. The Kier molecular flexibility index (Phi) is 3.31. The van der Waals surface area contributed by atoms with Gasteiger partial charge in [-0.05, 0) is 6.07 Å². The predicted molar refractivity (Wildman–Crippen MR) is 52.3 cm³/mol. The highest BCUT2D eigenvalue weighted by atomic mass is 79.9. The normalized spacial score (nSPS) is 12.2. The van der Waals surface area contributed by atoms with Crippen LogP contribution < -0.4 is 4.74 Å². The molecule has 0 saturated heterocycles. The van der Waals surface area contributed by atoms with E-state index in [-0.39, 0.29) is 0 Å². The van der Waals surface area contributed by atoms with Gasteiger partial charge in [-0.2, -0.15) is 0 Å². The Hall–Kier alpha value is -1.03. The van der Waals surface area contributed by atoms with Gasteiger partial charge in [0.15, 0.2) is 0 Å². The van der Waals surface area contributed by atoms with Gasteiger partial charge >= 0.3 is 5.97 Å². The lowest BCUT2D eigenvalue weighted by Gasteiger charge is -2.09. The molecule has 1 N–H and O–H groups in total. The van der Waals surface area contributed by atoms with Crippen molar-refractivity contribution in [1.29, 1.82) is 0 Å². The van der Waals surface area contributed by atoms with E-state index in [1.54, 1.807) is 24.3 Å². The average Bonchev–Trinajstić information content (AvgIpc) is 2.16. The van der Waals surface area contributed by atoms with E-state index < -0.39 is 10.8 Å². The Labute approximate surface area is 84.5 Å². The number of ether oxygens (including phenoxy) is 1. The summed E-state index contributed by atoms with van der Waals surface area (Å²) in [4.78, 5) is 9.95. The summed E-state index contributed by atoms with van der Waals surface area (Å²) in [5, 5.41) is 8.75. The third-order valence-corrected chi connectivity index (χ3v) is 2.51. The van der Waals surface area contributed by atoms with Crippen LogP contribution in [0.4, 0.5) is 0 Å². The molecule has 3 nitrogen and oxygen atoms in total. The van der Waals surface area contributed by atoms with Crippen molar-refractivity contribution in [1.82, 2.24) is 0 Å². The summed E-state index contributed by atoms with van der Waals surface area (Å²) in [5.74, 6) is -0.351. The minimum Gasteiger partial charge on any atom is -0.496 e. The van der Waals surface area contributed by atoms with Gasteiger partial charge in [-0.3, -0.25) is 4.79 Å². The number of para-hydroxylation sites is 1. The van der Waals surface area contributed by atoms with Crippen LogP contribution in [0.2, 0.25) is 0 Å². The molecule has 0 fully saturated rings. The lowest BCUT2D eigenvalue weighted by atomic mass is 10.1. The fraction of sp³-hybridized carbons (Fsp3) is 0.222. The zero-order valence-corrected chi connectivity index (χ0v) is 8.61. The van der Waals surface area contributed by atoms with E-state index in [9.17, 15) is 4.79 Å². The molecule has 0 radical (unpaired) electrons. The van der Waals surface area contributed by atoms with Crippen LogP contribution in [0, 0.1) is 0 Å². The number of aliphatic carboxylic acids is 1. The molecule has 70 valence electrons. The van der Waals surface area contributed by atoms with E-state index in [0.717, 1.165) is 0 Å². The maximum atomic E-state index is 10.7. The third kappa shape index (κ3) is 2.21. The Balaban J connectivity index is 3.05. The van der Waals surface area contributed by atoms with Gasteiger partial charge in [0.1, 0.15) is 10.6 Å². The topological polar surface area (TPSA) is 46.5 Å². The van der Waals surface area contributed by atoms with Crippen molar-refractivity contribution in [2.45, 2.75) is 4.83 Å². The van der Waals surface area contributed by atoms with E-state index in [0.29, 0.717) is 11.3 Å². The Bertz CT molecular complexity index is 311. The smallest absolute Gasteiger partial charge is 0.321 e. The molecule has 0 amide bonds. The van der Waals surface area contributed by atoms with E-state index in [1.807, 2.05) is 0 Å². The summed E-state index contributed by atoms with van der Waals surface area (Å²) < 4.78 is 5.02. The van der Waals surface area contributed by atoms with Crippen LogP contribution >= 0.6 is 15.9 Å². The quantitative estimate of drug-likeness (QED) is 0.830. The number of benzene rings is 1. The molecule has 0 unspecified atom stereocenters. The molecule has 0 aliphatic rings. The molecule has 1 atom stereocenters. The first-order valence-electron chi connectivity index (χ1n) is 3.66. The molecule has 0 spiro atoms. The molecule has 1 aromatic carbocycles. The van der Waals surface area contributed by atoms with Crippen LogP contribution in [-0.2, 0) is 4.79 Å². The van der Waals surface area contributed by atoms with Crippen LogP contribution in [-0.4, -0.2) is 18.2 Å². The van der Waals surface area contributed by atoms with Crippen molar-refractivity contribution < 1.29 is 14.6 Å². The van der Waals surface area contributed by atoms with Gasteiger partial charge < -0.3 is 9.84 Å². The van der Waals surface area contributed by atoms with Crippen LogP contribution in [0.5, 0.6) is 5.75 Å². The molecule has 0 aromatic heterocycles. The minimum absolute atomic E-state index is 0.576. The summed E-state index contributed by atoms with van der Waals surface area (Å²) in [6, 6.07) is 7.01. The first-order valence-corrected chi connectivity index (χ1v) is 4.58. The van der Waals surface area contributed by atoms with Crippen LogP contribution in [0.15, 0.2) is 24.3 Å². The summed E-state index contributed by atoms with van der Waals surface area (Å²) in [5.41, 5.74) is 0.623. The van der Waals surface area contributed by atoms with Crippen molar-refractivity contribution in [3.8, 4) is 5.75 Å². The lowest BCUT2D eigenvalue weighted by Crippen LogP contribution is -2.05. The largest absolute Gasteiger partial charge is 0.496 e. The molecule has 0 saturated carbocycles. The van der Waals surface area contributed by atoms with E-state index in [1.165, 1.54) is 7.11 Å². The molecule has 1 rings (SSSR count). The third-order valence-electron chi connectivity index (χ3n) is 1.63. The molecule has 0 heterocycles. The van der Waals surface area contributed by atoms with E-state index in [2.05, 4.69) is 15.9 Å². The molecule has 1 aromatic rings. The fourth-order valence-corrected chi connectivity index (χ4v) is 1.39. The number of carboxylic acid groups (broad SMARTS) is 1. The standard InChI is InChI=1S/C9H9BrO3/c1-13-7-5-3-2-4-6(7)8(10)9(11)12/h2-5,8H,1H3,(H,11,12)/t8-/m0/s1. The summed E-state index contributed by atoms with van der Waals surface area (Å²) in [6.07, 6.45) is 0. The first-order chi connectivity index (χ1) is 6.16. The van der Waals surface area contributed by atoms with Crippen LogP contribution in [0.25, 0.3) is 0 Å². The number of carboxylic acids is 1. The Morgan fingerprint density at radius 3 is 2.69 bits per heavy atom. The molecule has 0 aliphatic carbocycles. The van der Waals surface area contributed by atoms with Gasteiger partial charge in [-0.15, -0.1) is 0 Å². The number of halogens is 1.